The second-order valence-corrected chi connectivity index (χ2v) is 4.28. The third-order valence-corrected chi connectivity index (χ3v) is 2.42. The topological polar surface area (TPSA) is 93.8 Å². The number of carbonyl (C=O) groups excluding carboxylic acids is 1. The summed E-state index contributed by atoms with van der Waals surface area (Å²) in [5.41, 5.74) is 8.38. The van der Waals surface area contributed by atoms with Gasteiger partial charge in [0, 0.05) is 17.1 Å². The molecule has 2 aromatic heterocycles. The molecule has 0 aliphatic heterocycles. The predicted octanol–water partition coefficient (Wildman–Crippen LogP) is 1.25. The van der Waals surface area contributed by atoms with Gasteiger partial charge in [0.15, 0.2) is 0 Å². The molecule has 0 unspecified atom stereocenters. The quantitative estimate of drug-likeness (QED) is 0.863. The number of pyridine rings is 1. The van der Waals surface area contributed by atoms with Crippen molar-refractivity contribution in [3.8, 4) is 0 Å². The Balaban J connectivity index is 2.03. The molecule has 0 saturated heterocycles. The number of hydrogen-bond donors (Lipinski definition) is 2. The monoisotopic (exact) mass is 257 g/mol. The Morgan fingerprint density at radius 1 is 1.26 bits per heavy atom. The van der Waals surface area contributed by atoms with Crippen LogP contribution >= 0.6 is 0 Å². The molecule has 6 nitrogen and oxygen atoms in total. The molecule has 0 aliphatic rings. The molecule has 1 amide bonds. The zero-order valence-electron chi connectivity index (χ0n) is 10.8. The number of carbonyl (C=O) groups is 1. The lowest BCUT2D eigenvalue weighted by molar-refractivity contribution is -0.115. The highest BCUT2D eigenvalue weighted by Gasteiger charge is 2.07. The summed E-state index contributed by atoms with van der Waals surface area (Å²) in [6.45, 7) is 3.71. The summed E-state index contributed by atoms with van der Waals surface area (Å²) in [6, 6.07) is 5.28. The van der Waals surface area contributed by atoms with Crippen LogP contribution in [0.2, 0.25) is 0 Å². The minimum Gasteiger partial charge on any atom is -0.397 e. The van der Waals surface area contributed by atoms with Gasteiger partial charge in [-0.2, -0.15) is 0 Å². The molecule has 0 radical (unpaired) electrons. The number of nitrogens with two attached hydrogens (primary N) is 1. The standard InChI is InChI=1S/C13H15N5O/c1-8-5-9(2)17-13(16-8)18-12(19)6-11-4-3-10(14)7-15-11/h3-5,7H,6,14H2,1-2H3,(H,16,17,18,19). The molecule has 0 spiro atoms. The van der Waals surface area contributed by atoms with E-state index in [0.29, 0.717) is 17.3 Å². The number of hydrogen-bond acceptors (Lipinski definition) is 5. The van der Waals surface area contributed by atoms with Crippen molar-refractivity contribution in [2.75, 3.05) is 11.1 Å². The zero-order valence-corrected chi connectivity index (χ0v) is 10.8. The highest BCUT2D eigenvalue weighted by molar-refractivity contribution is 5.90. The Morgan fingerprint density at radius 3 is 2.53 bits per heavy atom. The van der Waals surface area contributed by atoms with E-state index in [-0.39, 0.29) is 12.3 Å². The summed E-state index contributed by atoms with van der Waals surface area (Å²) >= 11 is 0. The summed E-state index contributed by atoms with van der Waals surface area (Å²) in [5.74, 6) is 0.111. The number of aryl methyl sites for hydroxylation is 2. The maximum atomic E-state index is 11.8. The molecular weight excluding hydrogens is 242 g/mol. The van der Waals surface area contributed by atoms with Crippen molar-refractivity contribution in [2.45, 2.75) is 20.3 Å². The fourth-order valence-corrected chi connectivity index (χ4v) is 1.66. The van der Waals surface area contributed by atoms with E-state index in [1.165, 1.54) is 6.20 Å². The first-order valence-corrected chi connectivity index (χ1v) is 5.85. The van der Waals surface area contributed by atoms with E-state index in [0.717, 1.165) is 11.4 Å². The Hall–Kier alpha value is -2.50. The highest BCUT2D eigenvalue weighted by Crippen LogP contribution is 2.06. The van der Waals surface area contributed by atoms with E-state index < -0.39 is 0 Å². The van der Waals surface area contributed by atoms with E-state index >= 15 is 0 Å². The van der Waals surface area contributed by atoms with Crippen molar-refractivity contribution in [2.24, 2.45) is 0 Å². The third kappa shape index (κ3) is 3.74. The maximum Gasteiger partial charge on any atom is 0.232 e. The lowest BCUT2D eigenvalue weighted by Gasteiger charge is -2.05. The average molecular weight is 257 g/mol. The number of anilines is 2. The van der Waals surface area contributed by atoms with E-state index in [1.807, 2.05) is 19.9 Å². The minimum absolute atomic E-state index is 0.163. The Morgan fingerprint density at radius 2 is 1.95 bits per heavy atom. The normalized spacial score (nSPS) is 10.2. The summed E-state index contributed by atoms with van der Waals surface area (Å²) in [5, 5.41) is 2.65. The van der Waals surface area contributed by atoms with Crippen LogP contribution in [0.1, 0.15) is 17.1 Å². The molecule has 2 aromatic rings. The van der Waals surface area contributed by atoms with Gasteiger partial charge in [-0.05, 0) is 32.0 Å². The number of aromatic nitrogens is 3. The highest BCUT2D eigenvalue weighted by atomic mass is 16.1. The summed E-state index contributed by atoms with van der Waals surface area (Å²) in [6.07, 6.45) is 1.69. The van der Waals surface area contributed by atoms with Gasteiger partial charge in [-0.3, -0.25) is 15.1 Å². The molecule has 0 aliphatic carbocycles. The van der Waals surface area contributed by atoms with Crippen LogP contribution in [-0.4, -0.2) is 20.9 Å². The van der Waals surface area contributed by atoms with E-state index in [9.17, 15) is 4.79 Å². The maximum absolute atomic E-state index is 11.8. The summed E-state index contributed by atoms with van der Waals surface area (Å²) < 4.78 is 0. The molecule has 2 heterocycles. The van der Waals surface area contributed by atoms with Gasteiger partial charge < -0.3 is 5.73 Å². The van der Waals surface area contributed by atoms with Gasteiger partial charge in [0.2, 0.25) is 11.9 Å². The lowest BCUT2D eigenvalue weighted by Crippen LogP contribution is -2.17. The van der Waals surface area contributed by atoms with Crippen LogP contribution < -0.4 is 11.1 Å². The van der Waals surface area contributed by atoms with Crippen molar-refractivity contribution in [3.05, 3.63) is 41.5 Å². The SMILES string of the molecule is Cc1cc(C)nc(NC(=O)Cc2ccc(N)cn2)n1. The van der Waals surface area contributed by atoms with Gasteiger partial charge in [0.1, 0.15) is 0 Å². The first-order chi connectivity index (χ1) is 9.02. The Kier molecular flexibility index (Phi) is 3.70. The molecule has 3 N–H and O–H groups in total. The van der Waals surface area contributed by atoms with Crippen LogP contribution in [0, 0.1) is 13.8 Å². The molecule has 0 bridgehead atoms. The molecular formula is C13H15N5O. The fraction of sp³-hybridized carbons (Fsp3) is 0.231. The van der Waals surface area contributed by atoms with Crippen molar-refractivity contribution in [1.82, 2.24) is 15.0 Å². The Labute approximate surface area is 111 Å². The molecule has 19 heavy (non-hydrogen) atoms. The Bertz CT molecular complexity index is 574. The van der Waals surface area contributed by atoms with Gasteiger partial charge in [-0.1, -0.05) is 0 Å². The molecule has 0 aromatic carbocycles. The second-order valence-electron chi connectivity index (χ2n) is 4.28. The van der Waals surface area contributed by atoms with E-state index in [4.69, 9.17) is 5.73 Å². The molecule has 0 saturated carbocycles. The van der Waals surface area contributed by atoms with Gasteiger partial charge >= 0.3 is 0 Å². The third-order valence-electron chi connectivity index (χ3n) is 2.42. The van der Waals surface area contributed by atoms with Crippen LogP contribution in [0.3, 0.4) is 0 Å². The molecule has 2 rings (SSSR count). The van der Waals surface area contributed by atoms with Crippen molar-refractivity contribution in [3.63, 3.8) is 0 Å². The largest absolute Gasteiger partial charge is 0.397 e. The van der Waals surface area contributed by atoms with Crippen LogP contribution in [0.4, 0.5) is 11.6 Å². The molecule has 0 atom stereocenters. The minimum atomic E-state index is -0.206. The number of nitrogen functional groups attached to an aromatic ring is 1. The van der Waals surface area contributed by atoms with E-state index in [2.05, 4.69) is 20.3 Å². The number of nitrogens with zero attached hydrogens (tertiary/aromatic N) is 3. The number of amides is 1. The van der Waals surface area contributed by atoms with E-state index in [1.54, 1.807) is 12.1 Å². The molecule has 0 fully saturated rings. The van der Waals surface area contributed by atoms with Crippen molar-refractivity contribution < 1.29 is 4.79 Å². The van der Waals surface area contributed by atoms with Crippen LogP contribution in [0.5, 0.6) is 0 Å². The summed E-state index contributed by atoms with van der Waals surface area (Å²) in [4.78, 5) is 24.2. The first kappa shape index (κ1) is 12.9. The van der Waals surface area contributed by atoms with Crippen LogP contribution in [0.25, 0.3) is 0 Å². The van der Waals surface area contributed by atoms with Gasteiger partial charge in [-0.25, -0.2) is 9.97 Å². The summed E-state index contributed by atoms with van der Waals surface area (Å²) in [7, 11) is 0. The van der Waals surface area contributed by atoms with Crippen LogP contribution in [0.15, 0.2) is 24.4 Å². The average Bonchev–Trinajstić information content (AvgIpc) is 2.30. The van der Waals surface area contributed by atoms with Gasteiger partial charge in [0.05, 0.1) is 18.3 Å². The van der Waals surface area contributed by atoms with Crippen molar-refractivity contribution in [1.29, 1.82) is 0 Å². The van der Waals surface area contributed by atoms with Gasteiger partial charge in [0.25, 0.3) is 0 Å². The van der Waals surface area contributed by atoms with Crippen LogP contribution in [-0.2, 0) is 11.2 Å². The first-order valence-electron chi connectivity index (χ1n) is 5.85. The fourth-order valence-electron chi connectivity index (χ4n) is 1.66. The van der Waals surface area contributed by atoms with Gasteiger partial charge in [-0.15, -0.1) is 0 Å². The molecule has 98 valence electrons. The number of rotatable bonds is 3. The lowest BCUT2D eigenvalue weighted by atomic mass is 10.2. The smallest absolute Gasteiger partial charge is 0.232 e. The predicted molar refractivity (Wildman–Crippen MR) is 72.5 cm³/mol. The second kappa shape index (κ2) is 5.43. The molecule has 6 heteroatoms. The number of nitrogens with one attached hydrogen (secondary N) is 1. The van der Waals surface area contributed by atoms with Crippen molar-refractivity contribution >= 4 is 17.5 Å². The zero-order chi connectivity index (χ0) is 13.8.